The number of nitrogens with two attached hydrogens (primary N) is 1. The summed E-state index contributed by atoms with van der Waals surface area (Å²) in [6.07, 6.45) is 0.501. The van der Waals surface area contributed by atoms with Crippen LogP contribution in [0.25, 0.3) is 11.0 Å². The summed E-state index contributed by atoms with van der Waals surface area (Å²) in [6.45, 7) is 7.56. The number of ether oxygens (including phenoxy) is 1. The second kappa shape index (κ2) is 8.33. The smallest absolute Gasteiger partial charge is 0.264 e. The average Bonchev–Trinajstić information content (AvgIpc) is 3.06. The van der Waals surface area contributed by atoms with Gasteiger partial charge in [-0.25, -0.2) is 19.0 Å². The van der Waals surface area contributed by atoms with Crippen molar-refractivity contribution >= 4 is 40.3 Å². The van der Waals surface area contributed by atoms with Gasteiger partial charge in [-0.3, -0.25) is 9.59 Å². The number of halogens is 2. The third-order valence-corrected chi connectivity index (χ3v) is 7.08. The van der Waals surface area contributed by atoms with E-state index in [1.54, 1.807) is 21.4 Å². The van der Waals surface area contributed by atoms with E-state index in [1.165, 1.54) is 19.3 Å². The highest BCUT2D eigenvalue weighted by Gasteiger charge is 2.41. The van der Waals surface area contributed by atoms with Crippen LogP contribution in [0.4, 0.5) is 10.2 Å². The van der Waals surface area contributed by atoms with E-state index < -0.39 is 18.0 Å². The predicted octanol–water partition coefficient (Wildman–Crippen LogP) is 2.46. The molecular weight excluding hydrogens is 477 g/mol. The number of amides is 2. The Balaban J connectivity index is 1.59. The minimum absolute atomic E-state index is 0.0188. The van der Waals surface area contributed by atoms with Crippen molar-refractivity contribution in [3.05, 3.63) is 40.1 Å². The molecule has 1 saturated heterocycles. The molecule has 0 saturated carbocycles. The zero-order valence-electron chi connectivity index (χ0n) is 19.7. The maximum atomic E-state index is 15.4. The zero-order chi connectivity index (χ0) is 25.2. The summed E-state index contributed by atoms with van der Waals surface area (Å²) >= 11 is 6.33. The van der Waals surface area contributed by atoms with Crippen LogP contribution in [0.1, 0.15) is 43.6 Å². The third kappa shape index (κ3) is 3.65. The first-order chi connectivity index (χ1) is 16.6. The molecule has 2 aromatic heterocycles. The van der Waals surface area contributed by atoms with Crippen molar-refractivity contribution in [1.82, 2.24) is 29.5 Å². The molecule has 2 N–H and O–H groups in total. The lowest BCUT2D eigenvalue weighted by Gasteiger charge is -2.44. The highest BCUT2D eigenvalue weighted by atomic mass is 35.5. The highest BCUT2D eigenvalue weighted by Crippen LogP contribution is 2.41. The number of carbonyl (C=O) groups excluding carboxylic acids is 2. The first kappa shape index (κ1) is 23.3. The number of nitrogens with zero attached hydrogens (tertiary/aromatic N) is 6. The lowest BCUT2D eigenvalue weighted by molar-refractivity contribution is -0.149. The van der Waals surface area contributed by atoms with Crippen molar-refractivity contribution < 1.29 is 18.7 Å². The number of aryl methyl sites for hydroxylation is 1. The molecule has 2 amide bonds. The third-order valence-electron chi connectivity index (χ3n) is 6.81. The van der Waals surface area contributed by atoms with Crippen molar-refractivity contribution in [1.29, 1.82) is 0 Å². The number of fused-ring (bicyclic) bond motifs is 2. The minimum Gasteiger partial charge on any atom is -0.480 e. The fraction of sp³-hybridized carbons (Fsp3) is 0.435. The van der Waals surface area contributed by atoms with E-state index in [1.807, 2.05) is 13.8 Å². The summed E-state index contributed by atoms with van der Waals surface area (Å²) in [5.41, 5.74) is 7.98. The Morgan fingerprint density at radius 1 is 1.34 bits per heavy atom. The topological polar surface area (TPSA) is 119 Å². The molecule has 5 rings (SSSR count). The van der Waals surface area contributed by atoms with Crippen molar-refractivity contribution in [2.75, 3.05) is 18.8 Å². The van der Waals surface area contributed by atoms with Crippen LogP contribution in [0, 0.1) is 12.7 Å². The molecule has 10 nitrogen and oxygen atoms in total. The molecule has 0 radical (unpaired) electrons. The van der Waals surface area contributed by atoms with E-state index in [0.29, 0.717) is 41.2 Å². The molecule has 0 aliphatic carbocycles. The number of benzene rings is 1. The standard InChI is InChI=1S/C23H25ClFN7O3/c1-10-18-21(26)27-9-28-22(18)32(29-10)11(2)15-5-17(24)19(25)16-8-31(14-6-30(7-14)13(4)33)23(34)12(3)35-20(15)16/h5,9,11-12,14H,6-8H2,1-4H3,(H2,26,27,28). The molecule has 0 spiro atoms. The van der Waals surface area contributed by atoms with Crippen molar-refractivity contribution in [3.8, 4) is 5.75 Å². The predicted molar refractivity (Wildman–Crippen MR) is 126 cm³/mol. The summed E-state index contributed by atoms with van der Waals surface area (Å²) in [7, 11) is 0. The van der Waals surface area contributed by atoms with Crippen LogP contribution in [-0.4, -0.2) is 66.6 Å². The maximum absolute atomic E-state index is 15.4. The molecule has 3 aromatic rings. The van der Waals surface area contributed by atoms with Gasteiger partial charge >= 0.3 is 0 Å². The highest BCUT2D eigenvalue weighted by molar-refractivity contribution is 6.31. The van der Waals surface area contributed by atoms with E-state index in [-0.39, 0.29) is 40.7 Å². The van der Waals surface area contributed by atoms with E-state index in [4.69, 9.17) is 22.1 Å². The first-order valence-corrected chi connectivity index (χ1v) is 11.6. The molecule has 2 aliphatic heterocycles. The largest absolute Gasteiger partial charge is 0.480 e. The number of aromatic nitrogens is 4. The van der Waals surface area contributed by atoms with E-state index in [0.717, 1.165) is 0 Å². The summed E-state index contributed by atoms with van der Waals surface area (Å²) in [4.78, 5) is 36.4. The fourth-order valence-electron chi connectivity index (χ4n) is 4.77. The number of likely N-dealkylation sites (tertiary alicyclic amines) is 1. The van der Waals surface area contributed by atoms with Gasteiger partial charge in [0.1, 0.15) is 17.9 Å². The lowest BCUT2D eigenvalue weighted by atomic mass is 10.0. The van der Waals surface area contributed by atoms with Crippen LogP contribution in [0.5, 0.6) is 5.75 Å². The summed E-state index contributed by atoms with van der Waals surface area (Å²) < 4.78 is 23.1. The van der Waals surface area contributed by atoms with Gasteiger partial charge in [0.05, 0.1) is 40.3 Å². The molecule has 2 aliphatic rings. The van der Waals surface area contributed by atoms with Gasteiger partial charge in [0.15, 0.2) is 17.6 Å². The first-order valence-electron chi connectivity index (χ1n) is 11.3. The summed E-state index contributed by atoms with van der Waals surface area (Å²) in [5, 5.41) is 5.15. The van der Waals surface area contributed by atoms with Gasteiger partial charge in [0.2, 0.25) is 5.91 Å². The maximum Gasteiger partial charge on any atom is 0.264 e. The molecule has 1 aromatic carbocycles. The summed E-state index contributed by atoms with van der Waals surface area (Å²) in [5.74, 6) is -0.406. The Bertz CT molecular complexity index is 1370. The zero-order valence-corrected chi connectivity index (χ0v) is 20.5. The Morgan fingerprint density at radius 3 is 2.74 bits per heavy atom. The quantitative estimate of drug-likeness (QED) is 0.585. The molecule has 2 unspecified atom stereocenters. The normalized spacial score (nSPS) is 19.3. The molecular formula is C23H25ClFN7O3. The Kier molecular flexibility index (Phi) is 5.54. The number of anilines is 1. The minimum atomic E-state index is -0.858. The Morgan fingerprint density at radius 2 is 2.06 bits per heavy atom. The SMILES string of the molecule is CC(=O)N1CC(N2Cc3c(F)c(Cl)cc(C(C)n4nc(C)c5c(N)ncnc54)c3OC(C)C2=O)C1. The number of rotatable bonds is 3. The van der Waals surface area contributed by atoms with Crippen LogP contribution in [0.3, 0.4) is 0 Å². The van der Waals surface area contributed by atoms with E-state index >= 15 is 4.39 Å². The van der Waals surface area contributed by atoms with Gasteiger partial charge in [-0.1, -0.05) is 11.6 Å². The molecule has 184 valence electrons. The van der Waals surface area contributed by atoms with Gasteiger partial charge < -0.3 is 20.3 Å². The van der Waals surface area contributed by atoms with E-state index in [9.17, 15) is 9.59 Å². The van der Waals surface area contributed by atoms with Crippen LogP contribution < -0.4 is 10.5 Å². The van der Waals surface area contributed by atoms with Crippen LogP contribution in [-0.2, 0) is 16.1 Å². The molecule has 35 heavy (non-hydrogen) atoms. The van der Waals surface area contributed by atoms with Crippen molar-refractivity contribution in [2.45, 2.75) is 52.4 Å². The molecule has 12 heteroatoms. The Hall–Kier alpha value is -3.47. The van der Waals surface area contributed by atoms with Crippen LogP contribution in [0.15, 0.2) is 12.4 Å². The number of nitrogen functional groups attached to an aromatic ring is 1. The van der Waals surface area contributed by atoms with Gasteiger partial charge in [-0.2, -0.15) is 5.10 Å². The molecule has 2 atom stereocenters. The second-order valence-corrected chi connectivity index (χ2v) is 9.44. The lowest BCUT2D eigenvalue weighted by Crippen LogP contribution is -2.62. The Labute approximate surface area is 205 Å². The van der Waals surface area contributed by atoms with Gasteiger partial charge in [-0.15, -0.1) is 0 Å². The van der Waals surface area contributed by atoms with Crippen LogP contribution in [0.2, 0.25) is 5.02 Å². The fourth-order valence-corrected chi connectivity index (χ4v) is 5.00. The van der Waals surface area contributed by atoms with Crippen LogP contribution >= 0.6 is 11.6 Å². The van der Waals surface area contributed by atoms with Crippen molar-refractivity contribution in [2.24, 2.45) is 0 Å². The van der Waals surface area contributed by atoms with Crippen molar-refractivity contribution in [3.63, 3.8) is 0 Å². The second-order valence-electron chi connectivity index (χ2n) is 9.04. The molecule has 0 bridgehead atoms. The average molecular weight is 502 g/mol. The number of hydrogen-bond donors (Lipinski definition) is 1. The summed E-state index contributed by atoms with van der Waals surface area (Å²) in [6, 6.07) is 0.805. The number of hydrogen-bond acceptors (Lipinski definition) is 7. The molecule has 1 fully saturated rings. The number of carbonyl (C=O) groups is 2. The monoisotopic (exact) mass is 501 g/mol. The van der Waals surface area contributed by atoms with E-state index in [2.05, 4.69) is 15.1 Å². The molecule has 4 heterocycles. The van der Waals surface area contributed by atoms with Gasteiger partial charge in [0, 0.05) is 25.6 Å². The van der Waals surface area contributed by atoms with Gasteiger partial charge in [0.25, 0.3) is 5.91 Å². The van der Waals surface area contributed by atoms with Gasteiger partial charge in [-0.05, 0) is 26.8 Å².